The highest BCUT2D eigenvalue weighted by Crippen LogP contribution is 2.17. The monoisotopic (exact) mass is 364 g/mol. The number of benzene rings is 2. The maximum atomic E-state index is 9.68. The van der Waals surface area contributed by atoms with Crippen molar-refractivity contribution in [3.8, 4) is 0 Å². The van der Waals surface area contributed by atoms with E-state index >= 15 is 0 Å². The minimum absolute atomic E-state index is 0.0399. The average Bonchev–Trinajstić information content (AvgIpc) is 3.27. The summed E-state index contributed by atoms with van der Waals surface area (Å²) in [5, 5.41) is 16.3. The molecule has 2 aromatic rings. The van der Waals surface area contributed by atoms with Crippen LogP contribution in [0.25, 0.3) is 0 Å². The van der Waals surface area contributed by atoms with E-state index in [1.807, 2.05) is 30.3 Å². The van der Waals surface area contributed by atoms with Gasteiger partial charge in [0.15, 0.2) is 5.96 Å². The number of aliphatic hydroxyl groups is 1. The molecule has 0 saturated carbocycles. The van der Waals surface area contributed by atoms with Crippen LogP contribution in [0, 0.1) is 0 Å². The lowest BCUT2D eigenvalue weighted by Crippen LogP contribution is -2.39. The van der Waals surface area contributed by atoms with E-state index in [4.69, 9.17) is 0 Å². The Bertz CT molecular complexity index is 748. The maximum absolute atomic E-state index is 9.68. The molecule has 27 heavy (non-hydrogen) atoms. The van der Waals surface area contributed by atoms with Gasteiger partial charge in [-0.2, -0.15) is 0 Å². The zero-order chi connectivity index (χ0) is 18.9. The molecule has 142 valence electrons. The second-order valence-electron chi connectivity index (χ2n) is 6.64. The standard InChI is InChI=1S/C22H28N4O/c1-23-22(25-16-20(17-27)19-7-3-2-4-8-19)24-15-18-9-11-21(12-10-18)26-13-5-6-14-26/h2-12,20,27H,13-17H2,1H3,(H2,23,24,25). The van der Waals surface area contributed by atoms with Crippen molar-refractivity contribution in [1.82, 2.24) is 10.6 Å². The van der Waals surface area contributed by atoms with Gasteiger partial charge in [-0.3, -0.25) is 4.99 Å². The Morgan fingerprint density at radius 1 is 1.04 bits per heavy atom. The van der Waals surface area contributed by atoms with Crippen molar-refractivity contribution < 1.29 is 5.11 Å². The van der Waals surface area contributed by atoms with Crippen molar-refractivity contribution in [2.45, 2.75) is 12.5 Å². The van der Waals surface area contributed by atoms with E-state index in [1.54, 1.807) is 7.05 Å². The topological polar surface area (TPSA) is 59.9 Å². The smallest absolute Gasteiger partial charge is 0.191 e. The van der Waals surface area contributed by atoms with Crippen LogP contribution in [0.4, 0.5) is 5.69 Å². The van der Waals surface area contributed by atoms with Crippen LogP contribution in [-0.4, -0.2) is 44.4 Å². The fraction of sp³-hybridized carbons (Fsp3) is 0.318. The Morgan fingerprint density at radius 3 is 2.37 bits per heavy atom. The summed E-state index contributed by atoms with van der Waals surface area (Å²) in [6.07, 6.45) is 4.39. The Hall–Kier alpha value is -2.79. The Morgan fingerprint density at radius 2 is 1.74 bits per heavy atom. The van der Waals surface area contributed by atoms with Crippen molar-refractivity contribution in [3.05, 3.63) is 77.9 Å². The second-order valence-corrected chi connectivity index (χ2v) is 6.64. The molecule has 1 heterocycles. The summed E-state index contributed by atoms with van der Waals surface area (Å²) in [5.74, 6) is 0.773. The van der Waals surface area contributed by atoms with Gasteiger partial charge < -0.3 is 20.6 Å². The van der Waals surface area contributed by atoms with Crippen molar-refractivity contribution in [3.63, 3.8) is 0 Å². The van der Waals surface area contributed by atoms with Gasteiger partial charge in [-0.15, -0.1) is 0 Å². The molecule has 0 amide bonds. The van der Waals surface area contributed by atoms with Gasteiger partial charge in [0.1, 0.15) is 0 Å². The minimum Gasteiger partial charge on any atom is -0.396 e. The van der Waals surface area contributed by atoms with Crippen LogP contribution in [0.2, 0.25) is 0 Å². The van der Waals surface area contributed by atoms with Gasteiger partial charge in [-0.05, 0) is 23.3 Å². The molecule has 1 unspecified atom stereocenters. The first-order valence-electron chi connectivity index (χ1n) is 9.39. The SMILES string of the molecule is CN=C(NCc1ccc(N2CC=CC2)cc1)NCC(CO)c1ccccc1. The molecule has 1 aliphatic rings. The van der Waals surface area contributed by atoms with Gasteiger partial charge in [0, 0.05) is 44.8 Å². The van der Waals surface area contributed by atoms with Crippen LogP contribution < -0.4 is 15.5 Å². The highest BCUT2D eigenvalue weighted by atomic mass is 16.3. The summed E-state index contributed by atoms with van der Waals surface area (Å²) in [6.45, 7) is 3.40. The van der Waals surface area contributed by atoms with Crippen molar-refractivity contribution in [2.75, 3.05) is 38.2 Å². The predicted molar refractivity (Wildman–Crippen MR) is 112 cm³/mol. The molecule has 1 atom stereocenters. The molecule has 5 heteroatoms. The summed E-state index contributed by atoms with van der Waals surface area (Å²) in [7, 11) is 1.76. The molecule has 0 aliphatic carbocycles. The van der Waals surface area contributed by atoms with Gasteiger partial charge in [-0.1, -0.05) is 54.6 Å². The summed E-state index contributed by atoms with van der Waals surface area (Å²) in [4.78, 5) is 6.61. The second kappa shape index (κ2) is 9.78. The summed E-state index contributed by atoms with van der Waals surface area (Å²) in [5.41, 5.74) is 3.57. The fourth-order valence-corrected chi connectivity index (χ4v) is 3.15. The van der Waals surface area contributed by atoms with Crippen LogP contribution in [0.15, 0.2) is 71.7 Å². The molecule has 3 N–H and O–H groups in total. The van der Waals surface area contributed by atoms with E-state index in [2.05, 4.69) is 56.9 Å². The molecule has 1 aliphatic heterocycles. The van der Waals surface area contributed by atoms with Crippen LogP contribution in [-0.2, 0) is 6.54 Å². The van der Waals surface area contributed by atoms with E-state index in [1.165, 1.54) is 11.3 Å². The lowest BCUT2D eigenvalue weighted by atomic mass is 10.0. The van der Waals surface area contributed by atoms with Gasteiger partial charge in [0.2, 0.25) is 0 Å². The maximum Gasteiger partial charge on any atom is 0.191 e. The van der Waals surface area contributed by atoms with E-state index in [9.17, 15) is 5.11 Å². The molecule has 3 rings (SSSR count). The van der Waals surface area contributed by atoms with Gasteiger partial charge in [0.25, 0.3) is 0 Å². The largest absolute Gasteiger partial charge is 0.396 e. The molecule has 0 aromatic heterocycles. The summed E-state index contributed by atoms with van der Waals surface area (Å²) < 4.78 is 0. The molecule has 2 aromatic carbocycles. The number of nitrogens with one attached hydrogen (secondary N) is 2. The summed E-state index contributed by atoms with van der Waals surface area (Å²) >= 11 is 0. The molecule has 0 radical (unpaired) electrons. The lowest BCUT2D eigenvalue weighted by Gasteiger charge is -2.19. The first-order valence-corrected chi connectivity index (χ1v) is 9.39. The molecule has 5 nitrogen and oxygen atoms in total. The zero-order valence-corrected chi connectivity index (χ0v) is 15.8. The van der Waals surface area contributed by atoms with Gasteiger partial charge >= 0.3 is 0 Å². The van der Waals surface area contributed by atoms with Gasteiger partial charge in [-0.25, -0.2) is 0 Å². The predicted octanol–water partition coefficient (Wildman–Crippen LogP) is 2.50. The van der Waals surface area contributed by atoms with Crippen molar-refractivity contribution in [1.29, 1.82) is 0 Å². The van der Waals surface area contributed by atoms with Crippen LogP contribution >= 0.6 is 0 Å². The number of hydrogen-bond acceptors (Lipinski definition) is 3. The fourth-order valence-electron chi connectivity index (χ4n) is 3.15. The number of aliphatic hydroxyl groups excluding tert-OH is 1. The highest BCUT2D eigenvalue weighted by molar-refractivity contribution is 5.79. The molecular weight excluding hydrogens is 336 g/mol. The van der Waals surface area contributed by atoms with E-state index in [0.29, 0.717) is 13.1 Å². The lowest BCUT2D eigenvalue weighted by molar-refractivity contribution is 0.265. The quantitative estimate of drug-likeness (QED) is 0.401. The van der Waals surface area contributed by atoms with Gasteiger partial charge in [0.05, 0.1) is 6.61 Å². The number of nitrogens with zero attached hydrogens (tertiary/aromatic N) is 2. The molecule has 0 fully saturated rings. The molecule has 0 spiro atoms. The summed E-state index contributed by atoms with van der Waals surface area (Å²) in [6, 6.07) is 18.7. The Kier molecular flexibility index (Phi) is 6.88. The van der Waals surface area contributed by atoms with E-state index in [0.717, 1.165) is 24.6 Å². The first-order chi connectivity index (χ1) is 13.3. The third-order valence-corrected chi connectivity index (χ3v) is 4.81. The number of anilines is 1. The number of guanidine groups is 1. The van der Waals surface area contributed by atoms with E-state index in [-0.39, 0.29) is 12.5 Å². The molecular formula is C22H28N4O. The zero-order valence-electron chi connectivity index (χ0n) is 15.8. The van der Waals surface area contributed by atoms with Crippen molar-refractivity contribution in [2.24, 2.45) is 4.99 Å². The Balaban J connectivity index is 1.48. The minimum atomic E-state index is 0.0399. The van der Waals surface area contributed by atoms with Crippen LogP contribution in [0.1, 0.15) is 17.0 Å². The molecule has 0 saturated heterocycles. The average molecular weight is 364 g/mol. The highest BCUT2D eigenvalue weighted by Gasteiger charge is 2.11. The third kappa shape index (κ3) is 5.34. The van der Waals surface area contributed by atoms with Crippen molar-refractivity contribution >= 4 is 11.6 Å². The number of rotatable bonds is 7. The Labute approximate surface area is 161 Å². The first kappa shape index (κ1) is 19.0. The molecule has 0 bridgehead atoms. The van der Waals surface area contributed by atoms with Crippen LogP contribution in [0.5, 0.6) is 0 Å². The number of aliphatic imine (C=N–C) groups is 1. The third-order valence-electron chi connectivity index (χ3n) is 4.81. The number of hydrogen-bond donors (Lipinski definition) is 3. The van der Waals surface area contributed by atoms with E-state index < -0.39 is 0 Å². The normalized spacial score (nSPS) is 15.0. The van der Waals surface area contributed by atoms with Crippen LogP contribution in [0.3, 0.4) is 0 Å².